The summed E-state index contributed by atoms with van der Waals surface area (Å²) in [5.74, 6) is -0.112. The van der Waals surface area contributed by atoms with Crippen molar-refractivity contribution >= 4 is 22.7 Å². The van der Waals surface area contributed by atoms with Crippen molar-refractivity contribution in [1.82, 2.24) is 20.1 Å². The summed E-state index contributed by atoms with van der Waals surface area (Å²) in [5, 5.41) is 3.94. The molecule has 0 aliphatic carbocycles. The molecule has 1 saturated heterocycles. The number of hydrogen-bond donors (Lipinski definition) is 1. The molecule has 2 heterocycles. The summed E-state index contributed by atoms with van der Waals surface area (Å²) in [6.45, 7) is 6.61. The molecule has 1 unspecified atom stereocenters. The van der Waals surface area contributed by atoms with Gasteiger partial charge in [0.05, 0.1) is 18.0 Å². The highest BCUT2D eigenvalue weighted by Gasteiger charge is 2.31. The Hall–Kier alpha value is -2.73. The topological polar surface area (TPSA) is 65.5 Å². The van der Waals surface area contributed by atoms with Crippen LogP contribution < -0.4 is 5.32 Å². The molecule has 1 fully saturated rings. The fourth-order valence-corrected chi connectivity index (χ4v) is 3.46. The van der Waals surface area contributed by atoms with Crippen LogP contribution in [0.25, 0.3) is 10.9 Å². The summed E-state index contributed by atoms with van der Waals surface area (Å²) < 4.78 is 0. The third-order valence-corrected chi connectivity index (χ3v) is 5.09. The fraction of sp³-hybridized carbons (Fsp3) is 0.409. The molecule has 1 aliphatic rings. The summed E-state index contributed by atoms with van der Waals surface area (Å²) in [7, 11) is 1.78. The second-order valence-electron chi connectivity index (χ2n) is 7.53. The van der Waals surface area contributed by atoms with E-state index in [0.29, 0.717) is 19.6 Å². The molecule has 6 heteroatoms. The lowest BCUT2D eigenvalue weighted by Crippen LogP contribution is -2.56. The van der Waals surface area contributed by atoms with E-state index in [0.717, 1.165) is 23.0 Å². The van der Waals surface area contributed by atoms with E-state index in [1.54, 1.807) is 18.1 Å². The fourth-order valence-electron chi connectivity index (χ4n) is 3.46. The molecule has 28 heavy (non-hydrogen) atoms. The van der Waals surface area contributed by atoms with Crippen LogP contribution in [-0.4, -0.2) is 59.3 Å². The average Bonchev–Trinajstić information content (AvgIpc) is 2.68. The summed E-state index contributed by atoms with van der Waals surface area (Å²) in [5.41, 5.74) is 3.12. The number of amides is 2. The molecule has 0 bridgehead atoms. The van der Waals surface area contributed by atoms with Gasteiger partial charge in [0.15, 0.2) is 0 Å². The van der Waals surface area contributed by atoms with Crippen molar-refractivity contribution in [1.29, 1.82) is 0 Å². The second kappa shape index (κ2) is 8.97. The predicted molar refractivity (Wildman–Crippen MR) is 111 cm³/mol. The van der Waals surface area contributed by atoms with Crippen molar-refractivity contribution in [3.8, 4) is 0 Å². The Balaban J connectivity index is 1.69. The van der Waals surface area contributed by atoms with E-state index < -0.39 is 6.04 Å². The van der Waals surface area contributed by atoms with E-state index in [9.17, 15) is 9.59 Å². The number of carbonyl (C=O) groups excluding carboxylic acids is 2. The Morgan fingerprint density at radius 3 is 2.89 bits per heavy atom. The Morgan fingerprint density at radius 1 is 1.32 bits per heavy atom. The number of nitrogens with one attached hydrogen (secondary N) is 1. The van der Waals surface area contributed by atoms with Crippen molar-refractivity contribution in [3.63, 3.8) is 0 Å². The number of fused-ring (bicyclic) bond motifs is 1. The molecule has 0 saturated carbocycles. The predicted octanol–water partition coefficient (Wildman–Crippen LogP) is 2.35. The third kappa shape index (κ3) is 4.75. The molecule has 1 aromatic heterocycles. The Bertz CT molecular complexity index is 884. The van der Waals surface area contributed by atoms with E-state index in [-0.39, 0.29) is 18.2 Å². The van der Waals surface area contributed by atoms with E-state index in [1.165, 1.54) is 5.57 Å². The highest BCUT2D eigenvalue weighted by Crippen LogP contribution is 2.18. The van der Waals surface area contributed by atoms with Gasteiger partial charge in [0.2, 0.25) is 11.8 Å². The van der Waals surface area contributed by atoms with Crippen LogP contribution in [0.2, 0.25) is 0 Å². The van der Waals surface area contributed by atoms with Gasteiger partial charge in [-0.3, -0.25) is 19.5 Å². The lowest BCUT2D eigenvalue weighted by molar-refractivity contribution is -0.138. The number of para-hydroxylation sites is 1. The van der Waals surface area contributed by atoms with Crippen molar-refractivity contribution < 1.29 is 9.59 Å². The normalized spacial score (nSPS) is 17.2. The van der Waals surface area contributed by atoms with Gasteiger partial charge in [-0.05, 0) is 25.5 Å². The van der Waals surface area contributed by atoms with Gasteiger partial charge in [0.25, 0.3) is 0 Å². The van der Waals surface area contributed by atoms with Gasteiger partial charge in [0.1, 0.15) is 0 Å². The van der Waals surface area contributed by atoms with Gasteiger partial charge in [0, 0.05) is 44.8 Å². The Kier molecular flexibility index (Phi) is 6.41. The molecular formula is C22H28N4O2. The van der Waals surface area contributed by atoms with Gasteiger partial charge in [-0.15, -0.1) is 0 Å². The van der Waals surface area contributed by atoms with Gasteiger partial charge < -0.3 is 10.2 Å². The minimum atomic E-state index is -0.426. The van der Waals surface area contributed by atoms with Crippen LogP contribution in [0.5, 0.6) is 0 Å². The number of allylic oxidation sites excluding steroid dienone is 1. The maximum Gasteiger partial charge on any atom is 0.237 e. The first-order valence-electron chi connectivity index (χ1n) is 9.67. The molecular weight excluding hydrogens is 352 g/mol. The van der Waals surface area contributed by atoms with Crippen LogP contribution >= 0.6 is 0 Å². The minimum absolute atomic E-state index is 0.0443. The second-order valence-corrected chi connectivity index (χ2v) is 7.53. The van der Waals surface area contributed by atoms with Crippen LogP contribution in [0.4, 0.5) is 0 Å². The molecule has 0 radical (unpaired) electrons. The van der Waals surface area contributed by atoms with Crippen LogP contribution in [0.3, 0.4) is 0 Å². The molecule has 3 rings (SSSR count). The standard InChI is InChI=1S/C22H28N4O2/c1-16(2)9-12-26-13-11-24-22(28)19(26)14-20(27)25(3)15-18-7-4-6-17-8-5-10-23-21(17)18/h4-10,19H,11-15H2,1-3H3,(H,24,28). The zero-order valence-corrected chi connectivity index (χ0v) is 16.8. The zero-order chi connectivity index (χ0) is 20.1. The quantitative estimate of drug-likeness (QED) is 0.782. The monoisotopic (exact) mass is 380 g/mol. The number of aromatic nitrogens is 1. The molecule has 6 nitrogen and oxygen atoms in total. The van der Waals surface area contributed by atoms with Gasteiger partial charge in [-0.25, -0.2) is 0 Å². The number of nitrogens with zero attached hydrogens (tertiary/aromatic N) is 3. The number of carbonyl (C=O) groups is 2. The van der Waals surface area contributed by atoms with E-state index >= 15 is 0 Å². The van der Waals surface area contributed by atoms with Crippen LogP contribution in [0.1, 0.15) is 25.8 Å². The van der Waals surface area contributed by atoms with Crippen molar-refractivity contribution in [3.05, 3.63) is 53.7 Å². The lowest BCUT2D eigenvalue weighted by atomic mass is 10.1. The first kappa shape index (κ1) is 20.0. The average molecular weight is 380 g/mol. The van der Waals surface area contributed by atoms with Crippen molar-refractivity contribution in [2.24, 2.45) is 0 Å². The molecule has 1 N–H and O–H groups in total. The van der Waals surface area contributed by atoms with Crippen LogP contribution in [-0.2, 0) is 16.1 Å². The first-order chi connectivity index (χ1) is 13.5. The third-order valence-electron chi connectivity index (χ3n) is 5.09. The summed E-state index contributed by atoms with van der Waals surface area (Å²) >= 11 is 0. The number of benzene rings is 1. The van der Waals surface area contributed by atoms with E-state index in [4.69, 9.17) is 0 Å². The maximum absolute atomic E-state index is 12.9. The van der Waals surface area contributed by atoms with Crippen LogP contribution in [0, 0.1) is 0 Å². The van der Waals surface area contributed by atoms with Crippen LogP contribution in [0.15, 0.2) is 48.2 Å². The molecule has 2 amide bonds. The molecule has 1 aromatic carbocycles. The highest BCUT2D eigenvalue weighted by atomic mass is 16.2. The number of hydrogen-bond acceptors (Lipinski definition) is 4. The largest absolute Gasteiger partial charge is 0.353 e. The highest BCUT2D eigenvalue weighted by molar-refractivity contribution is 5.89. The first-order valence-corrected chi connectivity index (χ1v) is 9.67. The summed E-state index contributed by atoms with van der Waals surface area (Å²) in [6, 6.07) is 9.48. The molecule has 1 atom stereocenters. The number of rotatable bonds is 6. The Morgan fingerprint density at radius 2 is 2.11 bits per heavy atom. The van der Waals surface area contributed by atoms with E-state index in [1.807, 2.05) is 44.2 Å². The smallest absolute Gasteiger partial charge is 0.237 e. The summed E-state index contributed by atoms with van der Waals surface area (Å²) in [6.07, 6.45) is 4.04. The maximum atomic E-state index is 12.9. The van der Waals surface area contributed by atoms with E-state index in [2.05, 4.69) is 21.3 Å². The summed E-state index contributed by atoms with van der Waals surface area (Å²) in [4.78, 5) is 33.5. The lowest BCUT2D eigenvalue weighted by Gasteiger charge is -2.34. The molecule has 2 aromatic rings. The number of piperazine rings is 1. The van der Waals surface area contributed by atoms with Gasteiger partial charge in [-0.1, -0.05) is 35.9 Å². The zero-order valence-electron chi connectivity index (χ0n) is 16.8. The van der Waals surface area contributed by atoms with Gasteiger partial charge in [-0.2, -0.15) is 0 Å². The minimum Gasteiger partial charge on any atom is -0.353 e. The molecule has 0 spiro atoms. The van der Waals surface area contributed by atoms with Crippen molar-refractivity contribution in [2.75, 3.05) is 26.7 Å². The molecule has 148 valence electrons. The molecule has 1 aliphatic heterocycles. The Labute approximate surface area is 166 Å². The number of pyridine rings is 1. The SMILES string of the molecule is CC(C)=CCN1CCNC(=O)C1CC(=O)N(C)Cc1cccc2cccnc12. The van der Waals surface area contributed by atoms with Crippen molar-refractivity contribution in [2.45, 2.75) is 32.9 Å². The van der Waals surface area contributed by atoms with Gasteiger partial charge >= 0.3 is 0 Å².